The predicted octanol–water partition coefficient (Wildman–Crippen LogP) is 5.21. The first-order valence-corrected chi connectivity index (χ1v) is 13.5. The fraction of sp³-hybridized carbons (Fsp3) is 0.419. The second kappa shape index (κ2) is 9.41. The zero-order valence-corrected chi connectivity index (χ0v) is 24.5. The van der Waals surface area contributed by atoms with Crippen molar-refractivity contribution in [2.75, 3.05) is 12.8 Å². The molecule has 0 amide bonds. The van der Waals surface area contributed by atoms with Gasteiger partial charge in [0.2, 0.25) is 0 Å². The van der Waals surface area contributed by atoms with E-state index in [2.05, 4.69) is 91.8 Å². The van der Waals surface area contributed by atoms with Crippen molar-refractivity contribution in [3.63, 3.8) is 0 Å². The summed E-state index contributed by atoms with van der Waals surface area (Å²) in [5.74, 6) is 0.644. The molecule has 0 aliphatic carbocycles. The Balaban J connectivity index is 1.48. The number of methoxy groups -OCH3 is 1. The molecular formula is C31H39B2NO5. The van der Waals surface area contributed by atoms with Gasteiger partial charge in [0.25, 0.3) is 0 Å². The third kappa shape index (κ3) is 4.78. The van der Waals surface area contributed by atoms with E-state index in [0.717, 1.165) is 33.2 Å². The minimum atomic E-state index is -0.422. The third-order valence-electron chi connectivity index (χ3n) is 8.86. The van der Waals surface area contributed by atoms with Gasteiger partial charge >= 0.3 is 14.2 Å². The lowest BCUT2D eigenvalue weighted by molar-refractivity contribution is 0.00578. The summed E-state index contributed by atoms with van der Waals surface area (Å²) in [5, 5.41) is 0. The molecule has 0 atom stereocenters. The summed E-state index contributed by atoms with van der Waals surface area (Å²) in [6, 6.07) is 20.5. The molecule has 2 heterocycles. The number of benzene rings is 3. The van der Waals surface area contributed by atoms with Crippen LogP contribution >= 0.6 is 0 Å². The van der Waals surface area contributed by atoms with Crippen molar-refractivity contribution in [3.05, 3.63) is 60.7 Å². The fourth-order valence-electron chi connectivity index (χ4n) is 4.93. The number of rotatable bonds is 5. The highest BCUT2D eigenvalue weighted by atomic mass is 16.7. The van der Waals surface area contributed by atoms with Gasteiger partial charge in [-0.25, -0.2) is 0 Å². The standard InChI is InChI=1S/C31H39B2NO5/c1-28(2)29(3,4)37-32(36-28)22-14-10-20(11-15-22)24-18-19-25(34)27(35-9)26(24)21-12-16-23(17-13-21)33-38-30(5,6)31(7,8)39-33/h10-19H,34H2,1-9H3. The number of nitrogens with two attached hydrogens (primary N) is 1. The van der Waals surface area contributed by atoms with Crippen LogP contribution in [-0.4, -0.2) is 43.8 Å². The number of anilines is 1. The monoisotopic (exact) mass is 527 g/mol. The first kappa shape index (κ1) is 27.8. The Morgan fingerprint density at radius 2 is 0.949 bits per heavy atom. The van der Waals surface area contributed by atoms with Crippen molar-refractivity contribution in [2.45, 2.75) is 77.8 Å². The molecule has 0 aromatic heterocycles. The van der Waals surface area contributed by atoms with E-state index in [-0.39, 0.29) is 11.2 Å². The van der Waals surface area contributed by atoms with E-state index in [4.69, 9.17) is 29.1 Å². The molecule has 0 spiro atoms. The van der Waals surface area contributed by atoms with E-state index in [9.17, 15) is 0 Å². The fourth-order valence-corrected chi connectivity index (χ4v) is 4.93. The van der Waals surface area contributed by atoms with Crippen LogP contribution < -0.4 is 21.4 Å². The molecule has 2 fully saturated rings. The van der Waals surface area contributed by atoms with Crippen molar-refractivity contribution in [3.8, 4) is 28.0 Å². The number of hydrogen-bond donors (Lipinski definition) is 1. The van der Waals surface area contributed by atoms with Crippen LogP contribution in [0.5, 0.6) is 5.75 Å². The van der Waals surface area contributed by atoms with Crippen LogP contribution in [0.15, 0.2) is 60.7 Å². The molecule has 8 heteroatoms. The lowest BCUT2D eigenvalue weighted by Gasteiger charge is -2.32. The molecule has 39 heavy (non-hydrogen) atoms. The van der Waals surface area contributed by atoms with Crippen molar-refractivity contribution in [1.29, 1.82) is 0 Å². The first-order chi connectivity index (χ1) is 18.2. The van der Waals surface area contributed by atoms with Crippen LogP contribution in [0.4, 0.5) is 5.69 Å². The molecule has 0 bridgehead atoms. The van der Waals surface area contributed by atoms with Gasteiger partial charge in [-0.3, -0.25) is 0 Å². The van der Waals surface area contributed by atoms with Crippen molar-refractivity contribution < 1.29 is 23.4 Å². The van der Waals surface area contributed by atoms with E-state index in [1.165, 1.54) is 0 Å². The summed E-state index contributed by atoms with van der Waals surface area (Å²) in [5.41, 5.74) is 11.3. The second-order valence-corrected chi connectivity index (χ2v) is 12.5. The summed E-state index contributed by atoms with van der Waals surface area (Å²) >= 11 is 0. The van der Waals surface area contributed by atoms with E-state index in [1.807, 2.05) is 24.3 Å². The predicted molar refractivity (Wildman–Crippen MR) is 160 cm³/mol. The summed E-state index contributed by atoms with van der Waals surface area (Å²) in [4.78, 5) is 0. The maximum Gasteiger partial charge on any atom is 0.494 e. The summed E-state index contributed by atoms with van der Waals surface area (Å²) < 4.78 is 30.8. The van der Waals surface area contributed by atoms with Gasteiger partial charge in [0.1, 0.15) is 5.75 Å². The summed E-state index contributed by atoms with van der Waals surface area (Å²) in [6.07, 6.45) is 0. The van der Waals surface area contributed by atoms with E-state index in [1.54, 1.807) is 7.11 Å². The van der Waals surface area contributed by atoms with Crippen LogP contribution in [0.2, 0.25) is 0 Å². The lowest BCUT2D eigenvalue weighted by atomic mass is 9.77. The molecule has 2 aliphatic rings. The van der Waals surface area contributed by atoms with E-state index >= 15 is 0 Å². The Morgan fingerprint density at radius 1 is 0.564 bits per heavy atom. The topological polar surface area (TPSA) is 72.2 Å². The molecule has 2 aliphatic heterocycles. The van der Waals surface area contributed by atoms with Crippen LogP contribution in [0, 0.1) is 0 Å². The number of ether oxygens (including phenoxy) is 1. The minimum absolute atomic E-state index is 0.389. The van der Waals surface area contributed by atoms with Crippen LogP contribution in [0.25, 0.3) is 22.3 Å². The van der Waals surface area contributed by atoms with Crippen molar-refractivity contribution >= 4 is 30.8 Å². The number of hydrogen-bond acceptors (Lipinski definition) is 6. The van der Waals surface area contributed by atoms with Crippen molar-refractivity contribution in [2.24, 2.45) is 0 Å². The third-order valence-corrected chi connectivity index (χ3v) is 8.86. The molecule has 3 aromatic carbocycles. The largest absolute Gasteiger partial charge is 0.494 e. The smallest absolute Gasteiger partial charge is 0.494 e. The Bertz CT molecular complexity index is 1330. The highest BCUT2D eigenvalue weighted by Gasteiger charge is 2.52. The van der Waals surface area contributed by atoms with Gasteiger partial charge in [0.15, 0.2) is 0 Å². The normalized spacial score (nSPS) is 20.8. The molecule has 0 radical (unpaired) electrons. The molecule has 0 saturated carbocycles. The maximum absolute atomic E-state index is 6.36. The van der Waals surface area contributed by atoms with Gasteiger partial charge in [-0.2, -0.15) is 0 Å². The SMILES string of the molecule is COc1c(N)ccc(-c2ccc(B3OC(C)(C)C(C)(C)O3)cc2)c1-c1ccc(B2OC(C)(C)C(C)(C)O2)cc1. The molecule has 2 N–H and O–H groups in total. The quantitative estimate of drug-likeness (QED) is 0.363. The molecular weight excluding hydrogens is 488 g/mol. The molecule has 6 nitrogen and oxygen atoms in total. The first-order valence-electron chi connectivity index (χ1n) is 13.5. The lowest BCUT2D eigenvalue weighted by Crippen LogP contribution is -2.41. The Hall–Kier alpha value is -2.77. The van der Waals surface area contributed by atoms with Gasteiger partial charge < -0.3 is 29.1 Å². The van der Waals surface area contributed by atoms with Crippen LogP contribution in [0.3, 0.4) is 0 Å². The summed E-state index contributed by atoms with van der Waals surface area (Å²) in [7, 11) is 0.819. The molecule has 5 rings (SSSR count). The minimum Gasteiger partial charge on any atom is -0.494 e. The van der Waals surface area contributed by atoms with Gasteiger partial charge in [0, 0.05) is 5.56 Å². The van der Waals surface area contributed by atoms with Gasteiger partial charge in [-0.1, -0.05) is 54.6 Å². The number of nitrogen functional groups attached to an aromatic ring is 1. The molecule has 204 valence electrons. The van der Waals surface area contributed by atoms with Crippen LogP contribution in [-0.2, 0) is 18.6 Å². The van der Waals surface area contributed by atoms with Gasteiger partial charge in [-0.05, 0) is 89.1 Å². The zero-order valence-electron chi connectivity index (χ0n) is 24.5. The molecule has 0 unspecified atom stereocenters. The maximum atomic E-state index is 6.36. The zero-order chi connectivity index (χ0) is 28.4. The Morgan fingerprint density at radius 3 is 1.33 bits per heavy atom. The Kier molecular flexibility index (Phi) is 6.70. The molecule has 2 saturated heterocycles. The van der Waals surface area contributed by atoms with E-state index < -0.39 is 25.4 Å². The molecule has 3 aromatic rings. The van der Waals surface area contributed by atoms with Crippen molar-refractivity contribution in [1.82, 2.24) is 0 Å². The van der Waals surface area contributed by atoms with Gasteiger partial charge in [0.05, 0.1) is 35.2 Å². The van der Waals surface area contributed by atoms with Crippen LogP contribution in [0.1, 0.15) is 55.4 Å². The van der Waals surface area contributed by atoms with Gasteiger partial charge in [-0.15, -0.1) is 0 Å². The highest BCUT2D eigenvalue weighted by molar-refractivity contribution is 6.62. The Labute approximate surface area is 233 Å². The average Bonchev–Trinajstić information content (AvgIpc) is 3.23. The average molecular weight is 527 g/mol. The van der Waals surface area contributed by atoms with E-state index in [0.29, 0.717) is 11.4 Å². The summed E-state index contributed by atoms with van der Waals surface area (Å²) in [6.45, 7) is 16.5. The highest BCUT2D eigenvalue weighted by Crippen LogP contribution is 2.43. The second-order valence-electron chi connectivity index (χ2n) is 12.5.